The van der Waals surface area contributed by atoms with E-state index in [1.54, 1.807) is 0 Å². The number of allylic oxidation sites excluding steroid dienone is 4. The lowest BCUT2D eigenvalue weighted by molar-refractivity contribution is -0.135. The first-order valence-electron chi connectivity index (χ1n) is 11.7. The third-order valence-electron chi connectivity index (χ3n) is 4.74. The van der Waals surface area contributed by atoms with Crippen LogP contribution < -0.4 is 0 Å². The van der Waals surface area contributed by atoms with Gasteiger partial charge in [0.05, 0.1) is 0 Å². The van der Waals surface area contributed by atoms with Crippen LogP contribution in [0.4, 0.5) is 0 Å². The van der Waals surface area contributed by atoms with Crippen LogP contribution in [0.1, 0.15) is 104 Å². The minimum Gasteiger partial charge on any atom is -0.520 e. The van der Waals surface area contributed by atoms with Crippen molar-refractivity contribution in [1.82, 2.24) is 0 Å². The van der Waals surface area contributed by atoms with Gasteiger partial charge in [-0.3, -0.25) is 4.79 Å². The lowest BCUT2D eigenvalue weighted by Crippen LogP contribution is -2.28. The molecule has 0 radical (unpaired) electrons. The number of carbonyl (C=O) groups is 1. The molecule has 0 heterocycles. The van der Waals surface area contributed by atoms with Crippen molar-refractivity contribution in [3.05, 3.63) is 24.3 Å². The maximum Gasteiger partial charge on any atom is 0.292 e. The van der Waals surface area contributed by atoms with E-state index in [1.165, 1.54) is 64.2 Å². The summed E-state index contributed by atoms with van der Waals surface area (Å²) in [5, 5.41) is 0. The highest BCUT2D eigenvalue weighted by atomic mass is 28.4. The van der Waals surface area contributed by atoms with E-state index in [9.17, 15) is 4.79 Å². The van der Waals surface area contributed by atoms with E-state index in [-0.39, 0.29) is 11.4 Å². The first kappa shape index (κ1) is 27.2. The maximum atomic E-state index is 11.7. The molecule has 0 aromatic heterocycles. The molecular formula is C25H48O2Si. The zero-order valence-corrected chi connectivity index (χ0v) is 20.8. The highest BCUT2D eigenvalue weighted by Gasteiger charge is 2.19. The van der Waals surface area contributed by atoms with Crippen LogP contribution in [0.25, 0.3) is 0 Å². The van der Waals surface area contributed by atoms with Gasteiger partial charge in [-0.05, 0) is 45.3 Å². The van der Waals surface area contributed by atoms with Gasteiger partial charge in [0, 0.05) is 11.8 Å². The van der Waals surface area contributed by atoms with E-state index < -0.39 is 8.32 Å². The molecule has 0 N–H and O–H groups in total. The fourth-order valence-corrected chi connectivity index (χ4v) is 3.94. The van der Waals surface area contributed by atoms with Gasteiger partial charge >= 0.3 is 0 Å². The second-order valence-electron chi connectivity index (χ2n) is 9.72. The van der Waals surface area contributed by atoms with Gasteiger partial charge in [0.15, 0.2) is 0 Å². The van der Waals surface area contributed by atoms with E-state index >= 15 is 0 Å². The number of rotatable bonds is 17. The third-order valence-corrected chi connectivity index (χ3v) is 5.58. The molecule has 0 aliphatic heterocycles. The van der Waals surface area contributed by atoms with Crippen LogP contribution >= 0.6 is 0 Å². The molecule has 0 amide bonds. The molecule has 0 saturated heterocycles. The van der Waals surface area contributed by atoms with Crippen molar-refractivity contribution in [1.29, 1.82) is 0 Å². The SMILES string of the molecule is CCCCCCCCCCC/C=C\C(C)(C)/C=C\CCCC(=O)O[Si](C)(C)C. The van der Waals surface area contributed by atoms with Crippen LogP contribution in [-0.4, -0.2) is 14.3 Å². The highest BCUT2D eigenvalue weighted by Crippen LogP contribution is 2.21. The lowest BCUT2D eigenvalue weighted by Gasteiger charge is -2.17. The minimum atomic E-state index is -1.73. The van der Waals surface area contributed by atoms with Gasteiger partial charge in [-0.2, -0.15) is 0 Å². The second kappa shape index (κ2) is 16.0. The summed E-state index contributed by atoms with van der Waals surface area (Å²) >= 11 is 0. The summed E-state index contributed by atoms with van der Waals surface area (Å²) < 4.78 is 5.47. The zero-order valence-electron chi connectivity index (χ0n) is 19.8. The van der Waals surface area contributed by atoms with Gasteiger partial charge in [0.25, 0.3) is 5.97 Å². The summed E-state index contributed by atoms with van der Waals surface area (Å²) in [4.78, 5) is 11.7. The van der Waals surface area contributed by atoms with Crippen LogP contribution in [0.2, 0.25) is 19.6 Å². The van der Waals surface area contributed by atoms with Gasteiger partial charge in [-0.25, -0.2) is 0 Å². The zero-order chi connectivity index (χ0) is 21.3. The highest BCUT2D eigenvalue weighted by molar-refractivity contribution is 6.71. The summed E-state index contributed by atoms with van der Waals surface area (Å²) in [6, 6.07) is 0. The largest absolute Gasteiger partial charge is 0.520 e. The molecule has 0 aromatic carbocycles. The molecule has 0 unspecified atom stereocenters. The van der Waals surface area contributed by atoms with Gasteiger partial charge < -0.3 is 4.43 Å². The standard InChI is InChI=1S/C25H48O2Si/c1-7-8-9-10-11-12-13-14-15-16-19-22-25(2,3)23-20-17-18-21-24(26)27-28(4,5)6/h19-20,22-23H,7-18,21H2,1-6H3/b22-19-,23-20-. The Kier molecular flexibility index (Phi) is 15.5. The smallest absolute Gasteiger partial charge is 0.292 e. The Morgan fingerprint density at radius 2 is 1.25 bits per heavy atom. The van der Waals surface area contributed by atoms with Gasteiger partial charge in [0.1, 0.15) is 0 Å². The van der Waals surface area contributed by atoms with E-state index in [2.05, 4.69) is 45.1 Å². The number of hydrogen-bond acceptors (Lipinski definition) is 2. The summed E-state index contributed by atoms with van der Waals surface area (Å²) in [5.74, 6) is -0.0346. The summed E-state index contributed by atoms with van der Waals surface area (Å²) in [6.07, 6.45) is 25.2. The number of unbranched alkanes of at least 4 members (excludes halogenated alkanes) is 10. The molecule has 164 valence electrons. The Morgan fingerprint density at radius 1 is 0.786 bits per heavy atom. The molecule has 0 aromatic rings. The van der Waals surface area contributed by atoms with Gasteiger partial charge in [-0.1, -0.05) is 96.4 Å². The Bertz CT molecular complexity index is 444. The van der Waals surface area contributed by atoms with Crippen molar-refractivity contribution in [2.24, 2.45) is 5.41 Å². The summed E-state index contributed by atoms with van der Waals surface area (Å²) in [6.45, 7) is 12.9. The molecule has 3 heteroatoms. The van der Waals surface area contributed by atoms with Crippen molar-refractivity contribution in [2.75, 3.05) is 0 Å². The topological polar surface area (TPSA) is 26.3 Å². The maximum absolute atomic E-state index is 11.7. The molecule has 0 aliphatic rings. The van der Waals surface area contributed by atoms with E-state index in [1.807, 2.05) is 19.6 Å². The first-order valence-corrected chi connectivity index (χ1v) is 15.1. The average molecular weight is 409 g/mol. The fraction of sp³-hybridized carbons (Fsp3) is 0.800. The van der Waals surface area contributed by atoms with Crippen molar-refractivity contribution >= 4 is 14.3 Å². The molecule has 0 rings (SSSR count). The predicted octanol–water partition coefficient (Wildman–Crippen LogP) is 8.59. The first-order chi connectivity index (χ1) is 13.2. The predicted molar refractivity (Wildman–Crippen MR) is 127 cm³/mol. The lowest BCUT2D eigenvalue weighted by atomic mass is 9.91. The van der Waals surface area contributed by atoms with Crippen LogP contribution in [0.15, 0.2) is 24.3 Å². The van der Waals surface area contributed by atoms with E-state index in [0.29, 0.717) is 6.42 Å². The minimum absolute atomic E-state index is 0.0346. The van der Waals surface area contributed by atoms with Crippen LogP contribution in [0.5, 0.6) is 0 Å². The van der Waals surface area contributed by atoms with E-state index in [0.717, 1.165) is 12.8 Å². The van der Waals surface area contributed by atoms with Crippen LogP contribution in [-0.2, 0) is 9.22 Å². The third kappa shape index (κ3) is 19.9. The molecule has 0 aliphatic carbocycles. The molecule has 0 saturated carbocycles. The van der Waals surface area contributed by atoms with Crippen molar-refractivity contribution in [3.8, 4) is 0 Å². The summed E-state index contributed by atoms with van der Waals surface area (Å²) in [7, 11) is -1.73. The number of carbonyl (C=O) groups excluding carboxylic acids is 1. The van der Waals surface area contributed by atoms with Crippen LogP contribution in [0.3, 0.4) is 0 Å². The second-order valence-corrected chi connectivity index (χ2v) is 14.2. The van der Waals surface area contributed by atoms with Gasteiger partial charge in [-0.15, -0.1) is 0 Å². The van der Waals surface area contributed by atoms with Crippen molar-refractivity contribution in [3.63, 3.8) is 0 Å². The van der Waals surface area contributed by atoms with Crippen molar-refractivity contribution < 1.29 is 9.22 Å². The molecule has 0 bridgehead atoms. The molecule has 0 fully saturated rings. The summed E-state index contributed by atoms with van der Waals surface area (Å²) in [5.41, 5.74) is 0.0953. The van der Waals surface area contributed by atoms with Crippen LogP contribution in [0, 0.1) is 5.41 Å². The molecule has 0 atom stereocenters. The average Bonchev–Trinajstić information content (AvgIpc) is 2.57. The monoisotopic (exact) mass is 408 g/mol. The molecular weight excluding hydrogens is 360 g/mol. The quantitative estimate of drug-likeness (QED) is 0.137. The van der Waals surface area contributed by atoms with E-state index in [4.69, 9.17) is 4.43 Å². The normalized spacial score (nSPS) is 12.9. The van der Waals surface area contributed by atoms with Crippen molar-refractivity contribution in [2.45, 2.75) is 124 Å². The Balaban J connectivity index is 3.74. The fourth-order valence-electron chi connectivity index (χ4n) is 3.16. The Morgan fingerprint density at radius 3 is 1.75 bits per heavy atom. The molecule has 0 spiro atoms. The Hall–Kier alpha value is -0.833. The van der Waals surface area contributed by atoms with Gasteiger partial charge in [0.2, 0.25) is 8.32 Å². The molecule has 2 nitrogen and oxygen atoms in total. The molecule has 28 heavy (non-hydrogen) atoms. The Labute approximate surface area is 177 Å². The number of hydrogen-bond donors (Lipinski definition) is 0.